The third kappa shape index (κ3) is 6.67. The quantitative estimate of drug-likeness (QED) is 0.630. The highest BCUT2D eigenvalue weighted by atomic mass is 19.4. The van der Waals surface area contributed by atoms with Crippen LogP contribution in [0.5, 0.6) is 0 Å². The number of hydrogen-bond donors (Lipinski definition) is 3. The number of nitrogens with zero attached hydrogens (tertiary/aromatic N) is 4. The Morgan fingerprint density at radius 2 is 1.84 bits per heavy atom. The SMILES string of the molecule is CC(C)(C)OC(=O)Nc1cnn(CC(C)(O)C(=O)Nc2cnc(C#N)c(C(F)(F)F)c2)c1. The number of halogens is 3. The molecule has 2 amide bonds. The van der Waals surface area contributed by atoms with Crippen LogP contribution >= 0.6 is 0 Å². The molecule has 0 aliphatic rings. The van der Waals surface area contributed by atoms with Gasteiger partial charge in [0, 0.05) is 6.20 Å². The highest BCUT2D eigenvalue weighted by molar-refractivity contribution is 5.96. The Morgan fingerprint density at radius 3 is 2.41 bits per heavy atom. The molecule has 1 unspecified atom stereocenters. The lowest BCUT2D eigenvalue weighted by molar-refractivity contribution is -0.138. The lowest BCUT2D eigenvalue weighted by atomic mass is 10.1. The van der Waals surface area contributed by atoms with Crippen LogP contribution in [0.15, 0.2) is 24.7 Å². The first-order valence-electron chi connectivity index (χ1n) is 9.14. The number of carbonyl (C=O) groups excluding carboxylic acids is 2. The molecule has 0 aromatic carbocycles. The zero-order valence-electron chi connectivity index (χ0n) is 17.6. The number of pyridine rings is 1. The van der Waals surface area contributed by atoms with E-state index in [0.717, 1.165) is 17.8 Å². The van der Waals surface area contributed by atoms with Crippen LogP contribution in [-0.4, -0.2) is 43.1 Å². The summed E-state index contributed by atoms with van der Waals surface area (Å²) in [5.74, 6) is -1.03. The second-order valence-electron chi connectivity index (χ2n) is 8.01. The average molecular weight is 454 g/mol. The number of carbonyl (C=O) groups is 2. The number of rotatable bonds is 5. The van der Waals surface area contributed by atoms with Crippen molar-refractivity contribution in [2.24, 2.45) is 0 Å². The number of nitriles is 1. The Kier molecular flexibility index (Phi) is 6.79. The van der Waals surface area contributed by atoms with Crippen LogP contribution in [0.25, 0.3) is 0 Å². The van der Waals surface area contributed by atoms with Crippen molar-refractivity contribution in [2.75, 3.05) is 10.6 Å². The Hall–Kier alpha value is -3.66. The molecule has 0 aliphatic carbocycles. The van der Waals surface area contributed by atoms with Crippen LogP contribution in [0.1, 0.15) is 39.0 Å². The maximum Gasteiger partial charge on any atom is 0.419 e. The molecule has 0 saturated carbocycles. The highest BCUT2D eigenvalue weighted by Crippen LogP contribution is 2.32. The molecule has 3 N–H and O–H groups in total. The molecule has 2 rings (SSSR count). The molecule has 10 nitrogen and oxygen atoms in total. The minimum absolute atomic E-state index is 0.238. The van der Waals surface area contributed by atoms with Gasteiger partial charge in [0.05, 0.1) is 35.9 Å². The predicted molar refractivity (Wildman–Crippen MR) is 105 cm³/mol. The molecule has 2 aromatic rings. The molecular weight excluding hydrogens is 433 g/mol. The fourth-order valence-electron chi connectivity index (χ4n) is 2.43. The molecule has 0 saturated heterocycles. The van der Waals surface area contributed by atoms with E-state index in [9.17, 15) is 27.9 Å². The first-order chi connectivity index (χ1) is 14.6. The van der Waals surface area contributed by atoms with Gasteiger partial charge in [-0.25, -0.2) is 9.78 Å². The van der Waals surface area contributed by atoms with Crippen molar-refractivity contribution >= 4 is 23.4 Å². The number of hydrogen-bond acceptors (Lipinski definition) is 7. The topological polar surface area (TPSA) is 142 Å². The smallest absolute Gasteiger partial charge is 0.419 e. The van der Waals surface area contributed by atoms with Crippen LogP contribution in [0.2, 0.25) is 0 Å². The monoisotopic (exact) mass is 454 g/mol. The highest BCUT2D eigenvalue weighted by Gasteiger charge is 2.36. The molecular formula is C19H21F3N6O4. The molecule has 0 aliphatic heterocycles. The summed E-state index contributed by atoms with van der Waals surface area (Å²) in [6.07, 6.45) is -2.11. The summed E-state index contributed by atoms with van der Waals surface area (Å²) in [7, 11) is 0. The van der Waals surface area contributed by atoms with Crippen LogP contribution in [0.4, 0.5) is 29.3 Å². The summed E-state index contributed by atoms with van der Waals surface area (Å²) >= 11 is 0. The fourth-order valence-corrected chi connectivity index (χ4v) is 2.43. The van der Waals surface area contributed by atoms with Crippen LogP contribution in [0.3, 0.4) is 0 Å². The molecule has 0 fully saturated rings. The van der Waals surface area contributed by atoms with Gasteiger partial charge in [0.2, 0.25) is 0 Å². The zero-order chi connectivity index (χ0) is 24.3. The van der Waals surface area contributed by atoms with Gasteiger partial charge in [-0.2, -0.15) is 23.5 Å². The molecule has 172 valence electrons. The molecule has 1 atom stereocenters. The van der Waals surface area contributed by atoms with E-state index in [4.69, 9.17) is 10.00 Å². The Labute approximate surface area is 181 Å². The summed E-state index contributed by atoms with van der Waals surface area (Å²) in [6, 6.07) is 1.88. The predicted octanol–water partition coefficient (Wildman–Crippen LogP) is 2.91. The number of alkyl halides is 3. The number of nitrogens with one attached hydrogen (secondary N) is 2. The summed E-state index contributed by atoms with van der Waals surface area (Å²) in [5, 5.41) is 27.8. The summed E-state index contributed by atoms with van der Waals surface area (Å²) in [6.45, 7) is 5.81. The zero-order valence-corrected chi connectivity index (χ0v) is 17.6. The largest absolute Gasteiger partial charge is 0.444 e. The van der Waals surface area contributed by atoms with Gasteiger partial charge in [0.25, 0.3) is 5.91 Å². The van der Waals surface area contributed by atoms with Crippen molar-refractivity contribution in [3.05, 3.63) is 35.9 Å². The van der Waals surface area contributed by atoms with E-state index in [1.165, 1.54) is 18.5 Å². The molecule has 2 aromatic heterocycles. The van der Waals surface area contributed by atoms with Gasteiger partial charge in [-0.05, 0) is 33.8 Å². The molecule has 0 radical (unpaired) electrons. The van der Waals surface area contributed by atoms with Gasteiger partial charge < -0.3 is 15.2 Å². The number of aliphatic hydroxyl groups is 1. The van der Waals surface area contributed by atoms with Crippen molar-refractivity contribution in [3.63, 3.8) is 0 Å². The lowest BCUT2D eigenvalue weighted by Gasteiger charge is -2.22. The van der Waals surface area contributed by atoms with E-state index in [-0.39, 0.29) is 17.9 Å². The third-order valence-corrected chi connectivity index (χ3v) is 3.79. The van der Waals surface area contributed by atoms with Gasteiger partial charge >= 0.3 is 12.3 Å². The van der Waals surface area contributed by atoms with E-state index in [1.54, 1.807) is 20.8 Å². The van der Waals surface area contributed by atoms with Gasteiger partial charge in [-0.3, -0.25) is 14.8 Å². The Bertz CT molecular complexity index is 1050. The average Bonchev–Trinajstić information content (AvgIpc) is 3.05. The third-order valence-electron chi connectivity index (χ3n) is 3.79. The molecule has 0 bridgehead atoms. The molecule has 0 spiro atoms. The molecule has 13 heteroatoms. The molecule has 32 heavy (non-hydrogen) atoms. The minimum atomic E-state index is -4.85. The first kappa shape index (κ1) is 24.6. The number of aromatic nitrogens is 3. The van der Waals surface area contributed by atoms with Gasteiger partial charge in [0.15, 0.2) is 11.3 Å². The van der Waals surface area contributed by atoms with Gasteiger partial charge in [-0.15, -0.1) is 0 Å². The minimum Gasteiger partial charge on any atom is -0.444 e. The van der Waals surface area contributed by atoms with E-state index >= 15 is 0 Å². The number of anilines is 2. The second-order valence-corrected chi connectivity index (χ2v) is 8.01. The van der Waals surface area contributed by atoms with Crippen molar-refractivity contribution < 1.29 is 32.6 Å². The van der Waals surface area contributed by atoms with Gasteiger partial charge in [-0.1, -0.05) is 0 Å². The summed E-state index contributed by atoms with van der Waals surface area (Å²) in [4.78, 5) is 27.6. The first-order valence-corrected chi connectivity index (χ1v) is 9.14. The van der Waals surface area contributed by atoms with Crippen molar-refractivity contribution in [3.8, 4) is 6.07 Å². The summed E-state index contributed by atoms with van der Waals surface area (Å²) < 4.78 is 45.4. The lowest BCUT2D eigenvalue weighted by Crippen LogP contribution is -2.43. The normalized spacial score (nSPS) is 13.6. The van der Waals surface area contributed by atoms with Crippen molar-refractivity contribution in [1.29, 1.82) is 5.26 Å². The van der Waals surface area contributed by atoms with E-state index < -0.39 is 40.6 Å². The maximum atomic E-state index is 13.1. The van der Waals surface area contributed by atoms with Crippen LogP contribution in [-0.2, 0) is 22.3 Å². The maximum absolute atomic E-state index is 13.1. The second kappa shape index (κ2) is 8.83. The van der Waals surface area contributed by atoms with Crippen LogP contribution in [0, 0.1) is 11.3 Å². The molecule has 2 heterocycles. The number of amides is 2. The fraction of sp³-hybridized carbons (Fsp3) is 0.421. The van der Waals surface area contributed by atoms with Crippen LogP contribution < -0.4 is 10.6 Å². The van der Waals surface area contributed by atoms with E-state index in [2.05, 4.69) is 20.7 Å². The Balaban J connectivity index is 2.08. The van der Waals surface area contributed by atoms with E-state index in [1.807, 2.05) is 0 Å². The van der Waals surface area contributed by atoms with Crippen molar-refractivity contribution in [2.45, 2.75) is 51.6 Å². The summed E-state index contributed by atoms with van der Waals surface area (Å²) in [5.41, 5.74) is -5.09. The van der Waals surface area contributed by atoms with Gasteiger partial charge in [0.1, 0.15) is 11.7 Å². The van der Waals surface area contributed by atoms with E-state index in [0.29, 0.717) is 6.07 Å². The Morgan fingerprint density at radius 1 is 1.19 bits per heavy atom. The van der Waals surface area contributed by atoms with Crippen molar-refractivity contribution in [1.82, 2.24) is 14.8 Å². The standard InChI is InChI=1S/C19H21F3N6O4/c1-17(2,3)32-16(30)27-12-8-25-28(9-12)10-18(4,31)15(29)26-11-5-13(19(20,21)22)14(6-23)24-7-11/h5,7-9,31H,10H2,1-4H3,(H,26,29)(H,27,30). The number of ether oxygens (including phenoxy) is 1.